The van der Waals surface area contributed by atoms with Crippen molar-refractivity contribution in [3.05, 3.63) is 42.5 Å². The van der Waals surface area contributed by atoms with Crippen molar-refractivity contribution in [2.75, 3.05) is 37.0 Å². The fraction of sp³-hybridized carbons (Fsp3) is 0.300. The summed E-state index contributed by atoms with van der Waals surface area (Å²) in [7, 11) is 1.66. The Bertz CT molecular complexity index is 966. The second-order valence-corrected chi connectivity index (χ2v) is 7.36. The third-order valence-corrected chi connectivity index (χ3v) is 5.63. The second-order valence-electron chi connectivity index (χ2n) is 6.35. The SMILES string of the molecule is CCOc1ccccc1NC(=O)C1CN(c2nc3ccc(OC)cc3s2)C1. The van der Waals surface area contributed by atoms with Crippen molar-refractivity contribution in [1.29, 1.82) is 0 Å². The summed E-state index contributed by atoms with van der Waals surface area (Å²) in [4.78, 5) is 19.4. The molecule has 1 saturated heterocycles. The minimum atomic E-state index is -0.0544. The van der Waals surface area contributed by atoms with Crippen LogP contribution >= 0.6 is 11.3 Å². The molecule has 2 aromatic carbocycles. The molecule has 0 bridgehead atoms. The molecule has 7 heteroatoms. The van der Waals surface area contributed by atoms with Crippen molar-refractivity contribution in [2.45, 2.75) is 6.92 Å². The van der Waals surface area contributed by atoms with Crippen molar-refractivity contribution in [2.24, 2.45) is 5.92 Å². The first kappa shape index (κ1) is 17.6. The molecular formula is C20H21N3O3S. The highest BCUT2D eigenvalue weighted by Crippen LogP contribution is 2.35. The Hall–Kier alpha value is -2.80. The van der Waals surface area contributed by atoms with Gasteiger partial charge < -0.3 is 19.7 Å². The van der Waals surface area contributed by atoms with Gasteiger partial charge in [-0.3, -0.25) is 4.79 Å². The zero-order valence-corrected chi connectivity index (χ0v) is 16.1. The number of carbonyl (C=O) groups excluding carboxylic acids is 1. The number of hydrogen-bond donors (Lipinski definition) is 1. The highest BCUT2D eigenvalue weighted by Gasteiger charge is 2.34. The number of amides is 1. The molecule has 140 valence electrons. The molecule has 1 aliphatic heterocycles. The highest BCUT2D eigenvalue weighted by atomic mass is 32.1. The molecule has 0 atom stereocenters. The van der Waals surface area contributed by atoms with Crippen LogP contribution in [0.2, 0.25) is 0 Å². The van der Waals surface area contributed by atoms with Gasteiger partial charge in [-0.25, -0.2) is 4.98 Å². The number of rotatable bonds is 6. The van der Waals surface area contributed by atoms with Gasteiger partial charge in [0.2, 0.25) is 5.91 Å². The summed E-state index contributed by atoms with van der Waals surface area (Å²) in [6, 6.07) is 13.4. The number of aromatic nitrogens is 1. The van der Waals surface area contributed by atoms with Crippen LogP contribution in [0.25, 0.3) is 10.2 Å². The summed E-state index contributed by atoms with van der Waals surface area (Å²) in [6.45, 7) is 3.82. The molecule has 0 unspecified atom stereocenters. The van der Waals surface area contributed by atoms with E-state index in [-0.39, 0.29) is 11.8 Å². The summed E-state index contributed by atoms with van der Waals surface area (Å²) >= 11 is 1.62. The van der Waals surface area contributed by atoms with Crippen LogP contribution < -0.4 is 19.7 Å². The van der Waals surface area contributed by atoms with Crippen LogP contribution in [0.5, 0.6) is 11.5 Å². The maximum atomic E-state index is 12.6. The lowest BCUT2D eigenvalue weighted by atomic mass is 10.00. The molecule has 1 aromatic heterocycles. The van der Waals surface area contributed by atoms with E-state index in [1.165, 1.54) is 0 Å². The molecule has 27 heavy (non-hydrogen) atoms. The van der Waals surface area contributed by atoms with Crippen LogP contribution in [0.4, 0.5) is 10.8 Å². The number of nitrogens with one attached hydrogen (secondary N) is 1. The molecule has 0 aliphatic carbocycles. The van der Waals surface area contributed by atoms with Crippen molar-refractivity contribution < 1.29 is 14.3 Å². The van der Waals surface area contributed by atoms with Gasteiger partial charge in [0, 0.05) is 13.1 Å². The van der Waals surface area contributed by atoms with Gasteiger partial charge in [-0.1, -0.05) is 23.5 Å². The van der Waals surface area contributed by atoms with Gasteiger partial charge in [-0.15, -0.1) is 0 Å². The van der Waals surface area contributed by atoms with Crippen LogP contribution in [-0.2, 0) is 4.79 Å². The molecule has 1 fully saturated rings. The molecular weight excluding hydrogens is 362 g/mol. The van der Waals surface area contributed by atoms with E-state index in [2.05, 4.69) is 15.2 Å². The average molecular weight is 383 g/mol. The predicted molar refractivity (Wildman–Crippen MR) is 108 cm³/mol. The Balaban J connectivity index is 1.40. The number of nitrogens with zero attached hydrogens (tertiary/aromatic N) is 2. The number of methoxy groups -OCH3 is 1. The Morgan fingerprint density at radius 3 is 2.89 bits per heavy atom. The van der Waals surface area contributed by atoms with Crippen LogP contribution in [0, 0.1) is 5.92 Å². The van der Waals surface area contributed by atoms with Crippen LogP contribution in [0.3, 0.4) is 0 Å². The molecule has 1 aliphatic rings. The average Bonchev–Trinajstić information content (AvgIpc) is 3.04. The first-order valence-electron chi connectivity index (χ1n) is 8.90. The molecule has 0 spiro atoms. The van der Waals surface area contributed by atoms with Crippen molar-refractivity contribution in [3.63, 3.8) is 0 Å². The topological polar surface area (TPSA) is 63.7 Å². The van der Waals surface area contributed by atoms with Gasteiger partial charge in [-0.05, 0) is 37.3 Å². The van der Waals surface area contributed by atoms with Crippen LogP contribution in [-0.4, -0.2) is 37.7 Å². The van der Waals surface area contributed by atoms with Crippen molar-refractivity contribution in [1.82, 2.24) is 4.98 Å². The normalized spacial score (nSPS) is 14.1. The van der Waals surface area contributed by atoms with E-state index in [9.17, 15) is 4.79 Å². The number of hydrogen-bond acceptors (Lipinski definition) is 6. The Morgan fingerprint density at radius 2 is 2.11 bits per heavy atom. The zero-order chi connectivity index (χ0) is 18.8. The summed E-state index contributed by atoms with van der Waals surface area (Å²) in [6.07, 6.45) is 0. The van der Waals surface area contributed by atoms with E-state index < -0.39 is 0 Å². The number of anilines is 2. The number of thiazole rings is 1. The molecule has 3 aromatic rings. The Labute approximate surface area is 161 Å². The van der Waals surface area contributed by atoms with E-state index in [1.54, 1.807) is 18.4 Å². The number of ether oxygens (including phenoxy) is 2. The molecule has 4 rings (SSSR count). The highest BCUT2D eigenvalue weighted by molar-refractivity contribution is 7.22. The lowest BCUT2D eigenvalue weighted by molar-refractivity contribution is -0.120. The minimum Gasteiger partial charge on any atom is -0.497 e. The number of para-hydroxylation sites is 2. The standard InChI is InChI=1S/C20H21N3O3S/c1-3-26-17-7-5-4-6-15(17)21-19(24)13-11-23(12-13)20-22-16-9-8-14(25-2)10-18(16)27-20/h4-10,13H,3,11-12H2,1-2H3,(H,21,24). The minimum absolute atomic E-state index is 0.0150. The quantitative estimate of drug-likeness (QED) is 0.702. The predicted octanol–water partition coefficient (Wildman–Crippen LogP) is 3.78. The van der Waals surface area contributed by atoms with Crippen LogP contribution in [0.15, 0.2) is 42.5 Å². The first-order chi connectivity index (χ1) is 13.2. The van der Waals surface area contributed by atoms with Gasteiger partial charge in [-0.2, -0.15) is 0 Å². The number of carbonyl (C=O) groups is 1. The fourth-order valence-corrected chi connectivity index (χ4v) is 4.05. The lowest BCUT2D eigenvalue weighted by Crippen LogP contribution is -2.52. The second kappa shape index (κ2) is 7.44. The van der Waals surface area contributed by atoms with Gasteiger partial charge in [0.25, 0.3) is 0 Å². The van der Waals surface area contributed by atoms with Gasteiger partial charge >= 0.3 is 0 Å². The van der Waals surface area contributed by atoms with Crippen molar-refractivity contribution in [3.8, 4) is 11.5 Å². The summed E-state index contributed by atoms with van der Waals surface area (Å²) < 4.78 is 11.9. The van der Waals surface area contributed by atoms with E-state index in [0.717, 1.165) is 26.8 Å². The summed E-state index contributed by atoms with van der Waals surface area (Å²) in [5.41, 5.74) is 1.67. The molecule has 1 N–H and O–H groups in total. The van der Waals surface area contributed by atoms with Crippen LogP contribution in [0.1, 0.15) is 6.92 Å². The Kier molecular flexibility index (Phi) is 4.85. The van der Waals surface area contributed by atoms with Gasteiger partial charge in [0.05, 0.1) is 35.5 Å². The molecule has 1 amide bonds. The largest absolute Gasteiger partial charge is 0.497 e. The maximum absolute atomic E-state index is 12.6. The van der Waals surface area contributed by atoms with E-state index in [1.807, 2.05) is 49.4 Å². The first-order valence-corrected chi connectivity index (χ1v) is 9.71. The lowest BCUT2D eigenvalue weighted by Gasteiger charge is -2.38. The van der Waals surface area contributed by atoms with E-state index >= 15 is 0 Å². The third-order valence-electron chi connectivity index (χ3n) is 4.55. The monoisotopic (exact) mass is 383 g/mol. The third kappa shape index (κ3) is 3.55. The van der Waals surface area contributed by atoms with E-state index in [4.69, 9.17) is 9.47 Å². The smallest absolute Gasteiger partial charge is 0.231 e. The molecule has 0 saturated carbocycles. The number of benzene rings is 2. The molecule has 0 radical (unpaired) electrons. The van der Waals surface area contributed by atoms with Crippen molar-refractivity contribution >= 4 is 38.3 Å². The molecule has 6 nitrogen and oxygen atoms in total. The van der Waals surface area contributed by atoms with Gasteiger partial charge in [0.15, 0.2) is 5.13 Å². The van der Waals surface area contributed by atoms with Gasteiger partial charge in [0.1, 0.15) is 11.5 Å². The summed E-state index contributed by atoms with van der Waals surface area (Å²) in [5, 5.41) is 3.93. The van der Waals surface area contributed by atoms with E-state index in [0.29, 0.717) is 25.4 Å². The fourth-order valence-electron chi connectivity index (χ4n) is 3.04. The zero-order valence-electron chi connectivity index (χ0n) is 15.3. The summed E-state index contributed by atoms with van der Waals surface area (Å²) in [5.74, 6) is 1.48. The molecule has 2 heterocycles. The number of fused-ring (bicyclic) bond motifs is 1. The maximum Gasteiger partial charge on any atom is 0.231 e. The Morgan fingerprint density at radius 1 is 1.30 bits per heavy atom.